The molecule has 3 aromatic rings. The maximum atomic E-state index is 6.31. The van der Waals surface area contributed by atoms with Gasteiger partial charge in [-0.3, -0.25) is 0 Å². The van der Waals surface area contributed by atoms with Crippen molar-refractivity contribution >= 4 is 28.7 Å². The summed E-state index contributed by atoms with van der Waals surface area (Å²) in [5, 5.41) is 10.1. The third-order valence-corrected chi connectivity index (χ3v) is 6.36. The van der Waals surface area contributed by atoms with Crippen LogP contribution >= 0.6 is 0 Å². The maximum Gasteiger partial charge on any atom is 0.132 e. The lowest BCUT2D eigenvalue weighted by Gasteiger charge is -2.30. The summed E-state index contributed by atoms with van der Waals surface area (Å²) in [6.07, 6.45) is 4.88. The molecule has 0 amide bonds. The van der Waals surface area contributed by atoms with Gasteiger partial charge in [0, 0.05) is 42.3 Å². The van der Waals surface area contributed by atoms with Crippen molar-refractivity contribution in [2.24, 2.45) is 11.7 Å². The van der Waals surface area contributed by atoms with Gasteiger partial charge in [-0.05, 0) is 72.7 Å². The van der Waals surface area contributed by atoms with Crippen molar-refractivity contribution in [3.8, 4) is 0 Å². The molecule has 35 heavy (non-hydrogen) atoms. The quantitative estimate of drug-likeness (QED) is 0.146. The molecule has 184 valence electrons. The highest BCUT2D eigenvalue weighted by molar-refractivity contribution is 5.66. The molecule has 0 radical (unpaired) electrons. The number of nitrogens with one attached hydrogen (secondary N) is 3. The number of allylic oxidation sites excluding steroid dienone is 2. The van der Waals surface area contributed by atoms with Gasteiger partial charge in [0.15, 0.2) is 0 Å². The molecule has 2 unspecified atom stereocenters. The molecule has 1 heterocycles. The van der Waals surface area contributed by atoms with Gasteiger partial charge in [-0.15, -0.1) is 6.58 Å². The molecule has 0 spiro atoms. The van der Waals surface area contributed by atoms with E-state index in [0.29, 0.717) is 18.2 Å². The Hall–Kier alpha value is -3.77. The van der Waals surface area contributed by atoms with Crippen molar-refractivity contribution in [3.05, 3.63) is 96.7 Å². The van der Waals surface area contributed by atoms with Crippen LogP contribution in [-0.2, 0) is 6.54 Å². The van der Waals surface area contributed by atoms with E-state index in [1.54, 1.807) is 0 Å². The number of hydrogen-bond donors (Lipinski definition) is 5. The van der Waals surface area contributed by atoms with Crippen molar-refractivity contribution < 1.29 is 0 Å². The average molecular weight is 471 g/mol. The molecule has 3 rings (SSSR count). The molecule has 0 fully saturated rings. The number of nitrogens with zero attached hydrogens (tertiary/aromatic N) is 1. The first-order chi connectivity index (χ1) is 17.0. The SMILES string of the molecule is C=CCCC(C(=C)NC)C(CC)c1cccc(Nc2cccc(Nc3cccc(N)c3)n2)c1CN. The van der Waals surface area contributed by atoms with E-state index >= 15 is 0 Å². The van der Waals surface area contributed by atoms with Gasteiger partial charge in [-0.25, -0.2) is 4.98 Å². The van der Waals surface area contributed by atoms with Gasteiger partial charge in [0.1, 0.15) is 11.6 Å². The van der Waals surface area contributed by atoms with Crippen molar-refractivity contribution in [2.45, 2.75) is 38.6 Å². The summed E-state index contributed by atoms with van der Waals surface area (Å²) in [4.78, 5) is 4.74. The van der Waals surface area contributed by atoms with Gasteiger partial charge in [-0.2, -0.15) is 0 Å². The predicted octanol–water partition coefficient (Wildman–Crippen LogP) is 6.42. The number of rotatable bonds is 13. The van der Waals surface area contributed by atoms with E-state index in [4.69, 9.17) is 16.5 Å². The summed E-state index contributed by atoms with van der Waals surface area (Å²) in [7, 11) is 1.94. The zero-order chi connectivity index (χ0) is 25.2. The van der Waals surface area contributed by atoms with Gasteiger partial charge in [0.05, 0.1) is 0 Å². The number of pyridine rings is 1. The molecule has 2 atom stereocenters. The van der Waals surface area contributed by atoms with E-state index < -0.39 is 0 Å². The Bertz CT molecular complexity index is 1140. The number of nitrogen functional groups attached to an aromatic ring is 1. The second-order valence-electron chi connectivity index (χ2n) is 8.62. The van der Waals surface area contributed by atoms with Gasteiger partial charge in [-0.1, -0.05) is 43.8 Å². The zero-order valence-electron chi connectivity index (χ0n) is 20.9. The van der Waals surface area contributed by atoms with Gasteiger partial charge in [0.2, 0.25) is 0 Å². The van der Waals surface area contributed by atoms with E-state index in [1.165, 1.54) is 5.56 Å². The molecule has 6 heteroatoms. The molecule has 2 aromatic carbocycles. The summed E-state index contributed by atoms with van der Waals surface area (Å²) in [6.45, 7) is 10.9. The molecule has 0 aliphatic rings. The van der Waals surface area contributed by atoms with Crippen LogP contribution in [0.5, 0.6) is 0 Å². The van der Waals surface area contributed by atoms with Crippen LogP contribution in [0.15, 0.2) is 85.6 Å². The predicted molar refractivity (Wildman–Crippen MR) is 150 cm³/mol. The number of anilines is 5. The molecule has 7 N–H and O–H groups in total. The molecule has 0 aliphatic carbocycles. The van der Waals surface area contributed by atoms with Crippen LogP contribution in [0, 0.1) is 5.92 Å². The highest BCUT2D eigenvalue weighted by atomic mass is 15.1. The van der Waals surface area contributed by atoms with E-state index in [1.807, 2.05) is 55.6 Å². The number of benzene rings is 2. The molecular formula is C29H38N6. The number of nitrogens with two attached hydrogens (primary N) is 2. The minimum atomic E-state index is 0.285. The Morgan fingerprint density at radius 3 is 2.43 bits per heavy atom. The van der Waals surface area contributed by atoms with Crippen LogP contribution in [0.25, 0.3) is 0 Å². The molecule has 0 saturated heterocycles. The Labute approximate surface area is 209 Å². The van der Waals surface area contributed by atoms with Gasteiger partial charge in [0.25, 0.3) is 0 Å². The van der Waals surface area contributed by atoms with E-state index in [-0.39, 0.29) is 5.92 Å². The fraction of sp³-hybridized carbons (Fsp3) is 0.276. The monoisotopic (exact) mass is 470 g/mol. The van der Waals surface area contributed by atoms with Gasteiger partial charge >= 0.3 is 0 Å². The van der Waals surface area contributed by atoms with Crippen molar-refractivity contribution in [1.29, 1.82) is 0 Å². The molecule has 1 aromatic heterocycles. The lowest BCUT2D eigenvalue weighted by atomic mass is 9.77. The molecule has 6 nitrogen and oxygen atoms in total. The Balaban J connectivity index is 1.90. The highest BCUT2D eigenvalue weighted by Gasteiger charge is 2.26. The summed E-state index contributed by atoms with van der Waals surface area (Å²) >= 11 is 0. The standard InChI is InChI=1S/C29H38N6/c1-5-7-13-24(20(3)32-4)23(6-2)25-14-9-15-27(26(25)19-30)34-29-17-10-16-28(35-29)33-22-12-8-11-21(31)18-22/h5,8-12,14-18,23-24,32H,1,3,6-7,13,19,30-31H2,2,4H3,(H2,33,34,35). The third-order valence-electron chi connectivity index (χ3n) is 6.36. The van der Waals surface area contributed by atoms with Crippen LogP contribution < -0.4 is 27.4 Å². The van der Waals surface area contributed by atoms with Crippen LogP contribution in [0.3, 0.4) is 0 Å². The summed E-state index contributed by atoms with van der Waals surface area (Å²) < 4.78 is 0. The second kappa shape index (κ2) is 12.6. The number of hydrogen-bond acceptors (Lipinski definition) is 6. The Kier molecular flexibility index (Phi) is 9.32. The van der Waals surface area contributed by atoms with Crippen LogP contribution in [-0.4, -0.2) is 12.0 Å². The minimum Gasteiger partial charge on any atom is -0.399 e. The lowest BCUT2D eigenvalue weighted by molar-refractivity contribution is 0.426. The van der Waals surface area contributed by atoms with Crippen LogP contribution in [0.1, 0.15) is 43.2 Å². The topological polar surface area (TPSA) is 101 Å². The first kappa shape index (κ1) is 25.8. The van der Waals surface area contributed by atoms with Gasteiger partial charge < -0.3 is 27.4 Å². The average Bonchev–Trinajstić information content (AvgIpc) is 2.86. The zero-order valence-corrected chi connectivity index (χ0v) is 20.9. The molecule has 0 bridgehead atoms. The highest BCUT2D eigenvalue weighted by Crippen LogP contribution is 2.39. The third kappa shape index (κ3) is 6.64. The molecular weight excluding hydrogens is 432 g/mol. The normalized spacial score (nSPS) is 12.4. The first-order valence-electron chi connectivity index (χ1n) is 12.2. The molecule has 0 aliphatic heterocycles. The smallest absolute Gasteiger partial charge is 0.132 e. The molecule has 0 saturated carbocycles. The fourth-order valence-corrected chi connectivity index (χ4v) is 4.60. The second-order valence-corrected chi connectivity index (χ2v) is 8.62. The fourth-order valence-electron chi connectivity index (χ4n) is 4.60. The van der Waals surface area contributed by atoms with E-state index in [9.17, 15) is 0 Å². The van der Waals surface area contributed by atoms with Crippen LogP contribution in [0.4, 0.5) is 28.7 Å². The van der Waals surface area contributed by atoms with E-state index in [0.717, 1.165) is 53.5 Å². The first-order valence-corrected chi connectivity index (χ1v) is 12.2. The minimum absolute atomic E-state index is 0.285. The van der Waals surface area contributed by atoms with E-state index in [2.05, 4.69) is 54.2 Å². The van der Waals surface area contributed by atoms with Crippen molar-refractivity contribution in [3.63, 3.8) is 0 Å². The number of aromatic nitrogens is 1. The van der Waals surface area contributed by atoms with Crippen molar-refractivity contribution in [2.75, 3.05) is 23.4 Å². The maximum absolute atomic E-state index is 6.31. The summed E-state index contributed by atoms with van der Waals surface area (Å²) in [5.74, 6) is 2.04. The Morgan fingerprint density at radius 2 is 1.77 bits per heavy atom. The Morgan fingerprint density at radius 1 is 1.06 bits per heavy atom. The largest absolute Gasteiger partial charge is 0.399 e. The summed E-state index contributed by atoms with van der Waals surface area (Å²) in [6, 6.07) is 19.8. The summed E-state index contributed by atoms with van der Waals surface area (Å²) in [5.41, 5.74) is 18.2. The van der Waals surface area contributed by atoms with Crippen LogP contribution in [0.2, 0.25) is 0 Å². The van der Waals surface area contributed by atoms with Crippen molar-refractivity contribution in [1.82, 2.24) is 10.3 Å². The lowest BCUT2D eigenvalue weighted by Crippen LogP contribution is -2.23.